The van der Waals surface area contributed by atoms with E-state index in [-0.39, 0.29) is 5.56 Å². The molecule has 0 N–H and O–H groups in total. The molecule has 2 heterocycles. The Morgan fingerprint density at radius 2 is 2.26 bits per heavy atom. The number of aromatic nitrogens is 2. The fourth-order valence-electron chi connectivity index (χ4n) is 3.65. The van der Waals surface area contributed by atoms with Gasteiger partial charge in [0.2, 0.25) is 0 Å². The van der Waals surface area contributed by atoms with Gasteiger partial charge in [0.15, 0.2) is 5.16 Å². The van der Waals surface area contributed by atoms with Gasteiger partial charge in [-0.2, -0.15) is 0 Å². The second-order valence-electron chi connectivity index (χ2n) is 6.82. The third-order valence-corrected chi connectivity index (χ3v) is 7.16. The van der Waals surface area contributed by atoms with Crippen molar-refractivity contribution in [3.63, 3.8) is 0 Å². The number of thiophene rings is 1. The molecule has 1 aliphatic rings. The van der Waals surface area contributed by atoms with E-state index >= 15 is 0 Å². The molecule has 4 nitrogen and oxygen atoms in total. The van der Waals surface area contributed by atoms with Gasteiger partial charge in [-0.3, -0.25) is 9.36 Å². The van der Waals surface area contributed by atoms with Crippen molar-refractivity contribution in [1.29, 1.82) is 0 Å². The highest BCUT2D eigenvalue weighted by molar-refractivity contribution is 7.99. The van der Waals surface area contributed by atoms with Gasteiger partial charge in [-0.25, -0.2) is 4.98 Å². The molecule has 1 atom stereocenters. The van der Waals surface area contributed by atoms with Crippen molar-refractivity contribution in [1.82, 2.24) is 9.55 Å². The number of fused-ring (bicyclic) bond motifs is 3. The first-order valence-corrected chi connectivity index (χ1v) is 11.3. The molecule has 0 bridgehead atoms. The lowest BCUT2D eigenvalue weighted by atomic mass is 9.89. The summed E-state index contributed by atoms with van der Waals surface area (Å²) in [6.45, 7) is 4.33. The third-order valence-electron chi connectivity index (χ3n) is 4.95. The van der Waals surface area contributed by atoms with Crippen molar-refractivity contribution in [3.05, 3.63) is 44.0 Å². The number of thioether (sulfide) groups is 1. The van der Waals surface area contributed by atoms with Gasteiger partial charge in [0.25, 0.3) is 5.56 Å². The normalized spacial score (nSPS) is 16.5. The van der Waals surface area contributed by atoms with Crippen LogP contribution < -0.4 is 10.3 Å². The summed E-state index contributed by atoms with van der Waals surface area (Å²) in [5, 5.41) is 2.01. The maximum Gasteiger partial charge on any atom is 0.267 e. The quantitative estimate of drug-likeness (QED) is 0.421. The Morgan fingerprint density at radius 3 is 3.00 bits per heavy atom. The first-order valence-electron chi connectivity index (χ1n) is 9.07. The molecule has 1 unspecified atom stereocenters. The number of hydrogen-bond acceptors (Lipinski definition) is 5. The van der Waals surface area contributed by atoms with Crippen LogP contribution in [-0.4, -0.2) is 22.4 Å². The zero-order valence-corrected chi connectivity index (χ0v) is 17.9. The largest absolute Gasteiger partial charge is 0.495 e. The van der Waals surface area contributed by atoms with Crippen LogP contribution in [0.25, 0.3) is 15.9 Å². The monoisotopic (exact) mass is 420 g/mol. The first kappa shape index (κ1) is 18.8. The SMILES string of the molecule is CCSc1nc2sc3c(c2c(=O)n1-c1cc(Cl)ccc1OC)CCC(C)C3. The molecule has 1 aromatic carbocycles. The molecule has 3 aromatic rings. The molecular formula is C20H21ClN2O2S2. The standard InChI is InChI=1S/C20H21ClN2O2S2/c1-4-26-20-22-18-17(13-7-5-11(2)9-16(13)27-18)19(24)23(20)14-10-12(21)6-8-15(14)25-3/h6,8,10-11H,4-5,7,9H2,1-3H3. The van der Waals surface area contributed by atoms with E-state index in [1.807, 2.05) is 0 Å². The Kier molecular flexibility index (Phi) is 5.23. The number of nitrogens with zero attached hydrogens (tertiary/aromatic N) is 2. The first-order chi connectivity index (χ1) is 13.0. The van der Waals surface area contributed by atoms with Crippen LogP contribution in [0.4, 0.5) is 0 Å². The van der Waals surface area contributed by atoms with Crippen LogP contribution in [0, 0.1) is 5.92 Å². The van der Waals surface area contributed by atoms with Gasteiger partial charge in [0.05, 0.1) is 18.2 Å². The number of halogens is 1. The van der Waals surface area contributed by atoms with E-state index in [0.717, 1.165) is 35.2 Å². The van der Waals surface area contributed by atoms with E-state index in [4.69, 9.17) is 21.3 Å². The smallest absolute Gasteiger partial charge is 0.267 e. The predicted molar refractivity (Wildman–Crippen MR) is 114 cm³/mol. The van der Waals surface area contributed by atoms with E-state index in [1.54, 1.807) is 53.0 Å². The van der Waals surface area contributed by atoms with Gasteiger partial charge < -0.3 is 4.74 Å². The summed E-state index contributed by atoms with van der Waals surface area (Å²) in [5.41, 5.74) is 1.81. The molecule has 0 fully saturated rings. The van der Waals surface area contributed by atoms with E-state index < -0.39 is 0 Å². The minimum absolute atomic E-state index is 0.0245. The minimum atomic E-state index is -0.0245. The van der Waals surface area contributed by atoms with Crippen LogP contribution >= 0.6 is 34.7 Å². The maximum atomic E-state index is 13.6. The lowest BCUT2D eigenvalue weighted by Crippen LogP contribution is -2.23. The van der Waals surface area contributed by atoms with Crippen molar-refractivity contribution >= 4 is 44.9 Å². The van der Waals surface area contributed by atoms with Crippen LogP contribution in [0.2, 0.25) is 5.02 Å². The highest BCUT2D eigenvalue weighted by atomic mass is 35.5. The van der Waals surface area contributed by atoms with Gasteiger partial charge in [-0.05, 0) is 54.7 Å². The van der Waals surface area contributed by atoms with Crippen molar-refractivity contribution in [3.8, 4) is 11.4 Å². The number of rotatable bonds is 4. The zero-order valence-electron chi connectivity index (χ0n) is 15.5. The second-order valence-corrected chi connectivity index (χ2v) is 9.57. The molecule has 7 heteroatoms. The summed E-state index contributed by atoms with van der Waals surface area (Å²) in [5.74, 6) is 2.09. The number of benzene rings is 1. The summed E-state index contributed by atoms with van der Waals surface area (Å²) in [7, 11) is 1.60. The number of aryl methyl sites for hydroxylation is 1. The number of methoxy groups -OCH3 is 1. The Morgan fingerprint density at radius 1 is 1.44 bits per heavy atom. The number of hydrogen-bond donors (Lipinski definition) is 0. The van der Waals surface area contributed by atoms with E-state index in [1.165, 1.54) is 10.4 Å². The molecule has 0 saturated heterocycles. The maximum absolute atomic E-state index is 13.6. The molecule has 0 aliphatic heterocycles. The van der Waals surface area contributed by atoms with E-state index in [0.29, 0.717) is 27.5 Å². The van der Waals surface area contributed by atoms with Crippen molar-refractivity contribution in [2.45, 2.75) is 38.3 Å². The fourth-order valence-corrected chi connectivity index (χ4v) is 5.97. The fraction of sp³-hybridized carbons (Fsp3) is 0.400. The molecule has 2 aromatic heterocycles. The molecule has 142 valence electrons. The summed E-state index contributed by atoms with van der Waals surface area (Å²) < 4.78 is 7.18. The van der Waals surface area contributed by atoms with Crippen LogP contribution in [0.5, 0.6) is 5.75 Å². The van der Waals surface area contributed by atoms with E-state index in [9.17, 15) is 4.79 Å². The lowest BCUT2D eigenvalue weighted by molar-refractivity contribution is 0.411. The molecule has 0 amide bonds. The van der Waals surface area contributed by atoms with Crippen molar-refractivity contribution in [2.75, 3.05) is 12.9 Å². The van der Waals surface area contributed by atoms with E-state index in [2.05, 4.69) is 13.8 Å². The van der Waals surface area contributed by atoms with Crippen molar-refractivity contribution < 1.29 is 4.74 Å². The Bertz CT molecular complexity index is 1070. The highest BCUT2D eigenvalue weighted by Gasteiger charge is 2.25. The topological polar surface area (TPSA) is 44.1 Å². The Balaban J connectivity index is 2.05. The molecule has 4 rings (SSSR count). The van der Waals surface area contributed by atoms with Gasteiger partial charge in [0, 0.05) is 9.90 Å². The lowest BCUT2D eigenvalue weighted by Gasteiger charge is -2.18. The molecule has 0 radical (unpaired) electrons. The van der Waals surface area contributed by atoms with Gasteiger partial charge >= 0.3 is 0 Å². The summed E-state index contributed by atoms with van der Waals surface area (Å²) in [6, 6.07) is 5.33. The molecule has 27 heavy (non-hydrogen) atoms. The van der Waals surface area contributed by atoms with Crippen LogP contribution in [-0.2, 0) is 12.8 Å². The molecular weight excluding hydrogens is 400 g/mol. The van der Waals surface area contributed by atoms with Gasteiger partial charge in [-0.1, -0.05) is 37.2 Å². The molecule has 0 spiro atoms. The average Bonchev–Trinajstić information content (AvgIpc) is 2.99. The van der Waals surface area contributed by atoms with Gasteiger partial charge in [-0.15, -0.1) is 11.3 Å². The summed E-state index contributed by atoms with van der Waals surface area (Å²) in [6.07, 6.45) is 3.09. The average molecular weight is 421 g/mol. The molecule has 0 saturated carbocycles. The minimum Gasteiger partial charge on any atom is -0.495 e. The van der Waals surface area contributed by atoms with Gasteiger partial charge in [0.1, 0.15) is 10.6 Å². The summed E-state index contributed by atoms with van der Waals surface area (Å²) >= 11 is 9.47. The second kappa shape index (κ2) is 7.49. The molecule has 1 aliphatic carbocycles. The third kappa shape index (κ3) is 3.28. The Labute approximate surface area is 171 Å². The Hall–Kier alpha value is -1.50. The predicted octanol–water partition coefficient (Wildman–Crippen LogP) is 5.35. The highest BCUT2D eigenvalue weighted by Crippen LogP contribution is 2.37. The zero-order chi connectivity index (χ0) is 19.1. The van der Waals surface area contributed by atoms with Crippen LogP contribution in [0.3, 0.4) is 0 Å². The number of ether oxygens (including phenoxy) is 1. The van der Waals surface area contributed by atoms with Crippen LogP contribution in [0.15, 0.2) is 28.2 Å². The van der Waals surface area contributed by atoms with Crippen LogP contribution in [0.1, 0.15) is 30.7 Å². The summed E-state index contributed by atoms with van der Waals surface area (Å²) in [4.78, 5) is 20.7. The van der Waals surface area contributed by atoms with Crippen molar-refractivity contribution in [2.24, 2.45) is 5.92 Å².